The second-order valence-electron chi connectivity index (χ2n) is 7.05. The van der Waals surface area contributed by atoms with Crippen LogP contribution in [-0.4, -0.2) is 25.2 Å². The summed E-state index contributed by atoms with van der Waals surface area (Å²) in [5.74, 6) is 2.63. The first-order chi connectivity index (χ1) is 8.60. The molecule has 2 saturated carbocycles. The molecule has 0 radical (unpaired) electrons. The Morgan fingerprint density at radius 2 is 1.44 bits per heavy atom. The predicted molar refractivity (Wildman–Crippen MR) is 78.8 cm³/mol. The number of rotatable bonds is 3. The fraction of sp³-hybridized carbons (Fsp3) is 1.00. The molecule has 0 aromatic rings. The van der Waals surface area contributed by atoms with Crippen LogP contribution < -0.4 is 10.6 Å². The van der Waals surface area contributed by atoms with Crippen LogP contribution in [0.1, 0.15) is 59.3 Å². The van der Waals surface area contributed by atoms with Gasteiger partial charge in [0.1, 0.15) is 0 Å². The molecule has 2 rings (SSSR count). The Kier molecular flexibility index (Phi) is 5.08. The van der Waals surface area contributed by atoms with E-state index in [0.717, 1.165) is 35.9 Å². The van der Waals surface area contributed by atoms with Crippen molar-refractivity contribution in [3.05, 3.63) is 0 Å². The molecular formula is C16H32N2. The number of hydrogen-bond acceptors (Lipinski definition) is 2. The normalized spacial score (nSPS) is 46.0. The molecule has 0 amide bonds. The van der Waals surface area contributed by atoms with Gasteiger partial charge < -0.3 is 10.6 Å². The highest BCUT2D eigenvalue weighted by molar-refractivity contribution is 4.89. The minimum atomic E-state index is 0.742. The minimum Gasteiger partial charge on any atom is -0.317 e. The standard InChI is InChI=1S/C16H32N2/c1-11-5-7-16(12(2)9-11)18-14-6-8-15(17-4)13(3)10-14/h11-18H,5-10H2,1-4H3. The van der Waals surface area contributed by atoms with E-state index in [1.54, 1.807) is 0 Å². The van der Waals surface area contributed by atoms with Crippen molar-refractivity contribution in [1.82, 2.24) is 10.6 Å². The fourth-order valence-electron chi connectivity index (χ4n) is 4.19. The lowest BCUT2D eigenvalue weighted by atomic mass is 9.78. The molecule has 6 atom stereocenters. The van der Waals surface area contributed by atoms with Gasteiger partial charge in [0.25, 0.3) is 0 Å². The Morgan fingerprint density at radius 1 is 0.778 bits per heavy atom. The van der Waals surface area contributed by atoms with Crippen LogP contribution in [0.25, 0.3) is 0 Å². The SMILES string of the molecule is CNC1CCC(NC2CCC(C)CC2C)CC1C. The van der Waals surface area contributed by atoms with Gasteiger partial charge in [-0.05, 0) is 63.3 Å². The highest BCUT2D eigenvalue weighted by Crippen LogP contribution is 2.31. The molecule has 18 heavy (non-hydrogen) atoms. The van der Waals surface area contributed by atoms with Crippen LogP contribution in [0, 0.1) is 17.8 Å². The van der Waals surface area contributed by atoms with Gasteiger partial charge in [-0.15, -0.1) is 0 Å². The van der Waals surface area contributed by atoms with E-state index < -0.39 is 0 Å². The van der Waals surface area contributed by atoms with E-state index in [9.17, 15) is 0 Å². The van der Waals surface area contributed by atoms with Crippen LogP contribution in [0.3, 0.4) is 0 Å². The Hall–Kier alpha value is -0.0800. The quantitative estimate of drug-likeness (QED) is 0.806. The summed E-state index contributed by atoms with van der Waals surface area (Å²) in [5, 5.41) is 7.44. The lowest BCUT2D eigenvalue weighted by Gasteiger charge is -2.40. The maximum absolute atomic E-state index is 3.98. The van der Waals surface area contributed by atoms with E-state index in [1.165, 1.54) is 38.5 Å². The molecule has 2 fully saturated rings. The summed E-state index contributed by atoms with van der Waals surface area (Å²) >= 11 is 0. The zero-order valence-corrected chi connectivity index (χ0v) is 12.7. The van der Waals surface area contributed by atoms with Crippen molar-refractivity contribution >= 4 is 0 Å². The van der Waals surface area contributed by atoms with Crippen LogP contribution in [0.4, 0.5) is 0 Å². The molecule has 0 aromatic heterocycles. The summed E-state index contributed by atoms with van der Waals surface area (Å²) < 4.78 is 0. The van der Waals surface area contributed by atoms with E-state index in [4.69, 9.17) is 0 Å². The third-order valence-corrected chi connectivity index (χ3v) is 5.42. The molecule has 2 aliphatic carbocycles. The van der Waals surface area contributed by atoms with Crippen LogP contribution in [0.5, 0.6) is 0 Å². The second kappa shape index (κ2) is 6.38. The number of nitrogens with one attached hydrogen (secondary N) is 2. The Labute approximate surface area is 113 Å². The third-order valence-electron chi connectivity index (χ3n) is 5.42. The molecule has 0 spiro atoms. The zero-order valence-electron chi connectivity index (χ0n) is 12.7. The Bertz CT molecular complexity index is 253. The average molecular weight is 252 g/mol. The molecule has 0 heterocycles. The van der Waals surface area contributed by atoms with Crippen molar-refractivity contribution < 1.29 is 0 Å². The maximum atomic E-state index is 3.98. The van der Waals surface area contributed by atoms with Gasteiger partial charge in [0.15, 0.2) is 0 Å². The molecule has 0 saturated heterocycles. The Morgan fingerprint density at radius 3 is 2.06 bits per heavy atom. The van der Waals surface area contributed by atoms with Crippen molar-refractivity contribution in [2.75, 3.05) is 7.05 Å². The van der Waals surface area contributed by atoms with Crippen molar-refractivity contribution in [1.29, 1.82) is 0 Å². The van der Waals surface area contributed by atoms with Crippen LogP contribution in [0.2, 0.25) is 0 Å². The number of hydrogen-bond donors (Lipinski definition) is 2. The van der Waals surface area contributed by atoms with E-state index >= 15 is 0 Å². The van der Waals surface area contributed by atoms with Crippen LogP contribution in [0.15, 0.2) is 0 Å². The molecule has 106 valence electrons. The van der Waals surface area contributed by atoms with Crippen LogP contribution >= 0.6 is 0 Å². The Balaban J connectivity index is 1.80. The van der Waals surface area contributed by atoms with Gasteiger partial charge in [-0.2, -0.15) is 0 Å². The molecular weight excluding hydrogens is 220 g/mol. The van der Waals surface area contributed by atoms with Gasteiger partial charge in [-0.25, -0.2) is 0 Å². The average Bonchev–Trinajstić information content (AvgIpc) is 2.33. The summed E-state index contributed by atoms with van der Waals surface area (Å²) in [7, 11) is 2.11. The molecule has 2 aliphatic rings. The van der Waals surface area contributed by atoms with E-state index in [2.05, 4.69) is 38.5 Å². The first-order valence-electron chi connectivity index (χ1n) is 8.03. The smallest absolute Gasteiger partial charge is 0.00954 e. The summed E-state index contributed by atoms with van der Waals surface area (Å²) in [6.07, 6.45) is 8.27. The van der Waals surface area contributed by atoms with Gasteiger partial charge in [0, 0.05) is 18.1 Å². The molecule has 2 N–H and O–H groups in total. The van der Waals surface area contributed by atoms with Gasteiger partial charge in [-0.1, -0.05) is 20.8 Å². The van der Waals surface area contributed by atoms with E-state index in [-0.39, 0.29) is 0 Å². The fourth-order valence-corrected chi connectivity index (χ4v) is 4.19. The highest BCUT2D eigenvalue weighted by atomic mass is 15.0. The van der Waals surface area contributed by atoms with Gasteiger partial charge in [0.05, 0.1) is 0 Å². The third kappa shape index (κ3) is 3.48. The topological polar surface area (TPSA) is 24.1 Å². The maximum Gasteiger partial charge on any atom is 0.00954 e. The lowest BCUT2D eigenvalue weighted by Crippen LogP contribution is -2.49. The second-order valence-corrected chi connectivity index (χ2v) is 7.05. The minimum absolute atomic E-state index is 0.742. The van der Waals surface area contributed by atoms with Gasteiger partial charge in [-0.3, -0.25) is 0 Å². The molecule has 0 aromatic carbocycles. The molecule has 0 aliphatic heterocycles. The van der Waals surface area contributed by atoms with Crippen LogP contribution in [-0.2, 0) is 0 Å². The summed E-state index contributed by atoms with van der Waals surface area (Å²) in [6, 6.07) is 2.29. The van der Waals surface area contributed by atoms with E-state index in [1.807, 2.05) is 0 Å². The van der Waals surface area contributed by atoms with Crippen molar-refractivity contribution in [2.45, 2.75) is 77.4 Å². The molecule has 6 unspecified atom stereocenters. The van der Waals surface area contributed by atoms with Crippen molar-refractivity contribution in [3.63, 3.8) is 0 Å². The first kappa shape index (κ1) is 14.3. The van der Waals surface area contributed by atoms with Gasteiger partial charge in [0.2, 0.25) is 0 Å². The summed E-state index contributed by atoms with van der Waals surface area (Å²) in [4.78, 5) is 0. The summed E-state index contributed by atoms with van der Waals surface area (Å²) in [6.45, 7) is 7.25. The largest absolute Gasteiger partial charge is 0.317 e. The first-order valence-corrected chi connectivity index (χ1v) is 8.03. The monoisotopic (exact) mass is 252 g/mol. The van der Waals surface area contributed by atoms with Crippen molar-refractivity contribution in [3.8, 4) is 0 Å². The predicted octanol–water partition coefficient (Wildman–Crippen LogP) is 3.18. The van der Waals surface area contributed by atoms with Crippen molar-refractivity contribution in [2.24, 2.45) is 17.8 Å². The molecule has 0 bridgehead atoms. The lowest BCUT2D eigenvalue weighted by molar-refractivity contribution is 0.174. The zero-order chi connectivity index (χ0) is 13.1. The molecule has 2 heteroatoms. The summed E-state index contributed by atoms with van der Waals surface area (Å²) in [5.41, 5.74) is 0. The molecule has 2 nitrogen and oxygen atoms in total. The van der Waals surface area contributed by atoms with Gasteiger partial charge >= 0.3 is 0 Å². The van der Waals surface area contributed by atoms with E-state index in [0.29, 0.717) is 0 Å². The highest BCUT2D eigenvalue weighted by Gasteiger charge is 2.31.